The summed E-state index contributed by atoms with van der Waals surface area (Å²) in [6.45, 7) is 1.91. The van der Waals surface area contributed by atoms with E-state index in [4.69, 9.17) is 4.42 Å². The van der Waals surface area contributed by atoms with Crippen LogP contribution < -0.4 is 5.32 Å². The highest BCUT2D eigenvalue weighted by atomic mass is 16.3. The van der Waals surface area contributed by atoms with Gasteiger partial charge in [0.05, 0.1) is 11.9 Å². The van der Waals surface area contributed by atoms with Gasteiger partial charge in [-0.3, -0.25) is 4.79 Å². The second-order valence-electron chi connectivity index (χ2n) is 5.14. The van der Waals surface area contributed by atoms with Crippen LogP contribution in [0.5, 0.6) is 0 Å². The van der Waals surface area contributed by atoms with E-state index < -0.39 is 5.60 Å². The van der Waals surface area contributed by atoms with Crippen molar-refractivity contribution in [2.75, 3.05) is 6.54 Å². The number of hydrogen-bond donors (Lipinski definition) is 2. The van der Waals surface area contributed by atoms with E-state index in [1.165, 1.54) is 11.8 Å². The first-order valence-electron chi connectivity index (χ1n) is 6.65. The first-order chi connectivity index (χ1) is 9.57. The molecule has 0 bridgehead atoms. The van der Waals surface area contributed by atoms with Gasteiger partial charge in [-0.15, -0.1) is 0 Å². The molecule has 0 saturated carbocycles. The fourth-order valence-corrected chi connectivity index (χ4v) is 1.91. The van der Waals surface area contributed by atoms with E-state index in [2.05, 4.69) is 5.32 Å². The fourth-order valence-electron chi connectivity index (χ4n) is 1.91. The van der Waals surface area contributed by atoms with Crippen molar-refractivity contribution in [1.29, 1.82) is 0 Å². The third-order valence-electron chi connectivity index (χ3n) is 3.17. The quantitative estimate of drug-likeness (QED) is 0.849. The Labute approximate surface area is 118 Å². The summed E-state index contributed by atoms with van der Waals surface area (Å²) in [7, 11) is 0. The van der Waals surface area contributed by atoms with Gasteiger partial charge in [-0.25, -0.2) is 0 Å². The average molecular weight is 273 g/mol. The molecule has 4 heteroatoms. The van der Waals surface area contributed by atoms with Crippen molar-refractivity contribution in [3.05, 3.63) is 60.1 Å². The Hall–Kier alpha value is -2.07. The largest absolute Gasteiger partial charge is 0.459 e. The predicted molar refractivity (Wildman–Crippen MR) is 76.4 cm³/mol. The Kier molecular flexibility index (Phi) is 4.58. The van der Waals surface area contributed by atoms with Crippen molar-refractivity contribution in [3.8, 4) is 0 Å². The number of aliphatic hydroxyl groups is 1. The molecule has 0 radical (unpaired) electrons. The van der Waals surface area contributed by atoms with Gasteiger partial charge in [-0.1, -0.05) is 30.3 Å². The Morgan fingerprint density at radius 1 is 1.25 bits per heavy atom. The fraction of sp³-hybridized carbons (Fsp3) is 0.312. The molecule has 1 aromatic carbocycles. The predicted octanol–water partition coefficient (Wildman–Crippen LogP) is 2.39. The van der Waals surface area contributed by atoms with E-state index in [1.807, 2.05) is 30.3 Å². The van der Waals surface area contributed by atoms with Crippen LogP contribution in [0.15, 0.2) is 53.1 Å². The molecule has 2 aromatic rings. The van der Waals surface area contributed by atoms with E-state index in [-0.39, 0.29) is 18.2 Å². The van der Waals surface area contributed by atoms with E-state index >= 15 is 0 Å². The molecule has 1 aromatic heterocycles. The summed E-state index contributed by atoms with van der Waals surface area (Å²) in [6, 6.07) is 13.2. The van der Waals surface area contributed by atoms with Crippen molar-refractivity contribution in [2.45, 2.75) is 25.4 Å². The number of furan rings is 1. The van der Waals surface area contributed by atoms with E-state index in [0.29, 0.717) is 6.42 Å². The summed E-state index contributed by atoms with van der Waals surface area (Å²) in [4.78, 5) is 11.7. The number of carbonyl (C=O) groups excluding carboxylic acids is 1. The van der Waals surface area contributed by atoms with E-state index in [9.17, 15) is 9.90 Å². The number of rotatable bonds is 6. The number of carbonyl (C=O) groups is 1. The van der Waals surface area contributed by atoms with Crippen LogP contribution in [0.1, 0.15) is 29.5 Å². The lowest BCUT2D eigenvalue weighted by molar-refractivity contribution is 0.0472. The van der Waals surface area contributed by atoms with Crippen LogP contribution in [-0.4, -0.2) is 23.2 Å². The number of hydrogen-bond acceptors (Lipinski definition) is 3. The molecular weight excluding hydrogens is 254 g/mol. The summed E-state index contributed by atoms with van der Waals surface area (Å²) >= 11 is 0. The highest BCUT2D eigenvalue weighted by molar-refractivity contribution is 5.91. The van der Waals surface area contributed by atoms with Crippen molar-refractivity contribution >= 4 is 5.91 Å². The summed E-state index contributed by atoms with van der Waals surface area (Å²) in [5.74, 6) is -0.0566. The Morgan fingerprint density at radius 3 is 2.65 bits per heavy atom. The van der Waals surface area contributed by atoms with Gasteiger partial charge in [0.15, 0.2) is 5.76 Å². The van der Waals surface area contributed by atoms with Crippen molar-refractivity contribution in [1.82, 2.24) is 5.32 Å². The molecule has 1 amide bonds. The molecule has 1 heterocycles. The number of aryl methyl sites for hydroxylation is 1. The molecule has 0 aliphatic rings. The van der Waals surface area contributed by atoms with Gasteiger partial charge in [0, 0.05) is 6.54 Å². The van der Waals surface area contributed by atoms with Gasteiger partial charge < -0.3 is 14.8 Å². The second-order valence-corrected chi connectivity index (χ2v) is 5.14. The van der Waals surface area contributed by atoms with Crippen LogP contribution in [0.25, 0.3) is 0 Å². The normalized spacial score (nSPS) is 13.7. The third kappa shape index (κ3) is 4.24. The van der Waals surface area contributed by atoms with Gasteiger partial charge in [0.2, 0.25) is 0 Å². The molecule has 1 atom stereocenters. The Bertz CT molecular complexity index is 532. The summed E-state index contributed by atoms with van der Waals surface area (Å²) in [5, 5.41) is 13.0. The zero-order valence-electron chi connectivity index (χ0n) is 11.5. The summed E-state index contributed by atoms with van der Waals surface area (Å²) < 4.78 is 5.00. The van der Waals surface area contributed by atoms with Crippen LogP contribution >= 0.6 is 0 Å². The molecule has 0 saturated heterocycles. The average Bonchev–Trinajstić information content (AvgIpc) is 2.98. The molecule has 2 rings (SSSR count). The standard InChI is InChI=1S/C16H19NO3/c1-16(19,10-9-13-6-3-2-4-7-13)12-17-15(18)14-8-5-11-20-14/h2-8,11,19H,9-10,12H2,1H3,(H,17,18). The molecule has 4 nitrogen and oxygen atoms in total. The molecule has 0 aliphatic carbocycles. The first-order valence-corrected chi connectivity index (χ1v) is 6.65. The zero-order valence-corrected chi connectivity index (χ0v) is 11.5. The van der Waals surface area contributed by atoms with Crippen LogP contribution in [0.2, 0.25) is 0 Å². The summed E-state index contributed by atoms with van der Waals surface area (Å²) in [6.07, 6.45) is 2.79. The molecule has 2 N–H and O–H groups in total. The van der Waals surface area contributed by atoms with Gasteiger partial charge in [-0.2, -0.15) is 0 Å². The first kappa shape index (κ1) is 14.3. The molecular formula is C16H19NO3. The Balaban J connectivity index is 1.80. The lowest BCUT2D eigenvalue weighted by Crippen LogP contribution is -2.40. The molecule has 0 fully saturated rings. The van der Waals surface area contributed by atoms with Crippen LogP contribution in [0.3, 0.4) is 0 Å². The maximum absolute atomic E-state index is 11.7. The maximum atomic E-state index is 11.7. The van der Waals surface area contributed by atoms with Crippen LogP contribution in [-0.2, 0) is 6.42 Å². The number of amides is 1. The monoisotopic (exact) mass is 273 g/mol. The summed E-state index contributed by atoms with van der Waals surface area (Å²) in [5.41, 5.74) is 0.225. The smallest absolute Gasteiger partial charge is 0.287 e. The van der Waals surface area contributed by atoms with E-state index in [1.54, 1.807) is 19.1 Å². The SMILES string of the molecule is CC(O)(CCc1ccccc1)CNC(=O)c1ccco1. The lowest BCUT2D eigenvalue weighted by Gasteiger charge is -2.23. The van der Waals surface area contributed by atoms with Gasteiger partial charge >= 0.3 is 0 Å². The minimum Gasteiger partial charge on any atom is -0.459 e. The van der Waals surface area contributed by atoms with Crippen molar-refractivity contribution in [3.63, 3.8) is 0 Å². The van der Waals surface area contributed by atoms with Crippen LogP contribution in [0, 0.1) is 0 Å². The number of nitrogens with one attached hydrogen (secondary N) is 1. The van der Waals surface area contributed by atoms with Crippen molar-refractivity contribution in [2.24, 2.45) is 0 Å². The second kappa shape index (κ2) is 6.39. The topological polar surface area (TPSA) is 62.5 Å². The van der Waals surface area contributed by atoms with E-state index in [0.717, 1.165) is 6.42 Å². The molecule has 0 aliphatic heterocycles. The minimum absolute atomic E-state index is 0.194. The molecule has 1 unspecified atom stereocenters. The molecule has 20 heavy (non-hydrogen) atoms. The number of benzene rings is 1. The maximum Gasteiger partial charge on any atom is 0.287 e. The van der Waals surface area contributed by atoms with Gasteiger partial charge in [-0.05, 0) is 37.5 Å². The zero-order chi connectivity index (χ0) is 14.4. The lowest BCUT2D eigenvalue weighted by atomic mass is 9.97. The van der Waals surface area contributed by atoms with Crippen molar-refractivity contribution < 1.29 is 14.3 Å². The van der Waals surface area contributed by atoms with Gasteiger partial charge in [0.1, 0.15) is 0 Å². The van der Waals surface area contributed by atoms with Crippen LogP contribution in [0.4, 0.5) is 0 Å². The van der Waals surface area contributed by atoms with Gasteiger partial charge in [0.25, 0.3) is 5.91 Å². The minimum atomic E-state index is -0.946. The third-order valence-corrected chi connectivity index (χ3v) is 3.17. The highest BCUT2D eigenvalue weighted by Gasteiger charge is 2.21. The highest BCUT2D eigenvalue weighted by Crippen LogP contribution is 2.13. The molecule has 106 valence electrons. The Morgan fingerprint density at radius 2 is 2.00 bits per heavy atom. The molecule has 0 spiro atoms.